The molecule has 2 aromatic heterocycles. The van der Waals surface area contributed by atoms with E-state index in [0.29, 0.717) is 54.6 Å². The average Bonchev–Trinajstić information content (AvgIpc) is 1.53. The molecule has 0 fully saturated rings. The summed E-state index contributed by atoms with van der Waals surface area (Å²) in [4.78, 5) is 0. The third-order valence-electron chi connectivity index (χ3n) is 18.1. The lowest BCUT2D eigenvalue weighted by atomic mass is 9.86. The van der Waals surface area contributed by atoms with E-state index in [9.17, 15) is 63.2 Å². The van der Waals surface area contributed by atoms with Crippen molar-refractivity contribution in [3.05, 3.63) is 261 Å². The quantitative estimate of drug-likeness (QED) is 0.142. The Morgan fingerprint density at radius 1 is 0.231 bits per heavy atom. The number of fused-ring (bicyclic) bond motifs is 6. The molecule has 0 aliphatic rings. The molecule has 0 saturated heterocycles. The molecule has 0 amide bonds. The van der Waals surface area contributed by atoms with E-state index < -0.39 is 189 Å². The fourth-order valence-electron chi connectivity index (χ4n) is 13.4. The predicted molar refractivity (Wildman–Crippen MR) is 342 cm³/mol. The summed E-state index contributed by atoms with van der Waals surface area (Å²) >= 11 is 0. The summed E-state index contributed by atoms with van der Waals surface area (Å²) in [5.41, 5.74) is -27.6. The molecule has 0 bridgehead atoms. The fraction of sp³-hybridized carbons (Fsp3) is 0.117. The van der Waals surface area contributed by atoms with Gasteiger partial charge in [0.15, 0.2) is 0 Å². The normalized spacial score (nSPS) is 13.1. The first kappa shape index (κ1) is 74.4. The van der Waals surface area contributed by atoms with E-state index in [4.69, 9.17) is 0 Å². The van der Waals surface area contributed by atoms with Crippen LogP contribution in [-0.4, -0.2) is 9.13 Å². The second kappa shape index (κ2) is 25.4. The first-order valence-electron chi connectivity index (χ1n) is 30.8. The molecule has 0 saturated carbocycles. The molecule has 11 aromatic carbocycles. The number of nitriles is 2. The zero-order chi connectivity index (χ0) is 78.5. The molecule has 0 aliphatic carbocycles. The highest BCUT2D eigenvalue weighted by Crippen LogP contribution is 2.53. The SMILES string of the molecule is N#Cc1ccc(-c2cccc(-n3c4ccc(-c5ccc(C(F)(F)F)cc5C(F)(F)F)cc4c4cc(-c5ccc(C(F)(F)F)cc5C(F)(F)F)ccc43)c2-c2c(C#N)cccc2-n2c3ccc(-c4ccc(C(F)(F)F)cc4C(F)(F)F)cc3c3cc(-c4ccc(C(F)(F)F)cc4C(F)(F)F)ccc32)c(C(F)(F)F)c1. The van der Waals surface area contributed by atoms with Crippen LogP contribution in [0.25, 0.3) is 122 Å². The van der Waals surface area contributed by atoms with Crippen molar-refractivity contribution in [3.8, 4) is 90.3 Å². The van der Waals surface area contributed by atoms with Crippen molar-refractivity contribution in [2.45, 2.75) is 55.6 Å². The summed E-state index contributed by atoms with van der Waals surface area (Å²) in [6.07, 6.45) is -49.2. The lowest BCUT2D eigenvalue weighted by molar-refractivity contribution is -0.144. The minimum absolute atomic E-state index is 0.210. The number of benzene rings is 11. The molecule has 108 heavy (non-hydrogen) atoms. The van der Waals surface area contributed by atoms with Gasteiger partial charge in [0.2, 0.25) is 0 Å². The molecule has 2 heterocycles. The molecule has 31 heteroatoms. The van der Waals surface area contributed by atoms with E-state index in [2.05, 4.69) is 0 Å². The fourth-order valence-corrected chi connectivity index (χ4v) is 13.4. The van der Waals surface area contributed by atoms with Crippen LogP contribution in [0.5, 0.6) is 0 Å². The van der Waals surface area contributed by atoms with Gasteiger partial charge in [-0.05, 0) is 183 Å². The van der Waals surface area contributed by atoms with Gasteiger partial charge in [-0.2, -0.15) is 129 Å². The van der Waals surface area contributed by atoms with Gasteiger partial charge in [-0.3, -0.25) is 0 Å². The standard InChI is InChI=1S/C77H33F27N4/c78-69(79,80)42-12-17-46(57(30-42)74(93,94)95)37-8-21-61-52(26-37)53-27-38(47-18-13-43(70(81,82)83)31-58(47)75(96,97)98)9-22-62(53)107(61)65-5-1-3-41(35-106)67(65)68-51(50-16-7-36(34-105)25-56(50)73(90,91)92)4-2-6-66(68)108-63-23-10-39(48-19-14-44(71(84,85)86)32-59(48)76(99,100)101)28-54(63)55-29-40(11-24-64(55)108)49-20-15-45(72(87,88)89)33-60(49)77(102,103)104/h1-33H. The minimum Gasteiger partial charge on any atom is -0.309 e. The summed E-state index contributed by atoms with van der Waals surface area (Å²) < 4.78 is 400. The molecule has 0 spiro atoms. The Kier molecular flexibility index (Phi) is 17.5. The van der Waals surface area contributed by atoms with E-state index in [1.165, 1.54) is 22.8 Å². The first-order chi connectivity index (χ1) is 50.2. The Labute approximate surface area is 587 Å². The van der Waals surface area contributed by atoms with Crippen molar-refractivity contribution in [2.75, 3.05) is 0 Å². The van der Waals surface area contributed by atoms with Crippen LogP contribution in [0.15, 0.2) is 200 Å². The van der Waals surface area contributed by atoms with E-state index in [0.717, 1.165) is 108 Å². The molecule has 13 rings (SSSR count). The number of halogens is 27. The van der Waals surface area contributed by atoms with Crippen molar-refractivity contribution in [3.63, 3.8) is 0 Å². The number of aromatic nitrogens is 2. The van der Waals surface area contributed by atoms with Gasteiger partial charge in [0.1, 0.15) is 0 Å². The highest BCUT2D eigenvalue weighted by molar-refractivity contribution is 6.15. The molecule has 550 valence electrons. The molecular weight excluding hydrogens is 1490 g/mol. The second-order valence-electron chi connectivity index (χ2n) is 24.5. The Morgan fingerprint density at radius 3 is 0.787 bits per heavy atom. The monoisotopic (exact) mass is 1530 g/mol. The molecule has 0 atom stereocenters. The van der Waals surface area contributed by atoms with Crippen LogP contribution < -0.4 is 0 Å². The van der Waals surface area contributed by atoms with E-state index in [-0.39, 0.29) is 73.6 Å². The molecule has 0 N–H and O–H groups in total. The number of nitrogens with zero attached hydrogens (tertiary/aromatic N) is 4. The summed E-state index contributed by atoms with van der Waals surface area (Å²) in [7, 11) is 0. The zero-order valence-electron chi connectivity index (χ0n) is 53.0. The van der Waals surface area contributed by atoms with Crippen LogP contribution in [0.4, 0.5) is 119 Å². The molecule has 0 aliphatic heterocycles. The molecule has 4 nitrogen and oxygen atoms in total. The smallest absolute Gasteiger partial charge is 0.309 e. The van der Waals surface area contributed by atoms with Gasteiger partial charge in [0, 0.05) is 32.7 Å². The van der Waals surface area contributed by atoms with Crippen molar-refractivity contribution in [2.24, 2.45) is 0 Å². The van der Waals surface area contributed by atoms with Gasteiger partial charge in [-0.1, -0.05) is 72.8 Å². The maximum atomic E-state index is 15.9. The van der Waals surface area contributed by atoms with Crippen LogP contribution >= 0.6 is 0 Å². The van der Waals surface area contributed by atoms with Crippen molar-refractivity contribution in [1.82, 2.24) is 9.13 Å². The number of hydrogen-bond acceptors (Lipinski definition) is 2. The number of hydrogen-bond donors (Lipinski definition) is 0. The van der Waals surface area contributed by atoms with Crippen LogP contribution in [0.3, 0.4) is 0 Å². The molecule has 0 unspecified atom stereocenters. The van der Waals surface area contributed by atoms with Crippen LogP contribution in [0.1, 0.15) is 61.2 Å². The van der Waals surface area contributed by atoms with Gasteiger partial charge < -0.3 is 9.13 Å². The van der Waals surface area contributed by atoms with Crippen LogP contribution in [0.2, 0.25) is 0 Å². The predicted octanol–water partition coefficient (Wildman–Crippen LogP) is 26.8. The molecule has 13 aromatic rings. The van der Waals surface area contributed by atoms with E-state index in [1.807, 2.05) is 6.07 Å². The molecule has 0 radical (unpaired) electrons. The zero-order valence-corrected chi connectivity index (χ0v) is 53.0. The maximum Gasteiger partial charge on any atom is 0.417 e. The van der Waals surface area contributed by atoms with E-state index in [1.54, 1.807) is 6.07 Å². The summed E-state index contributed by atoms with van der Waals surface area (Å²) in [6, 6.07) is 26.3. The van der Waals surface area contributed by atoms with Gasteiger partial charge in [0.05, 0.1) is 107 Å². The Hall–Kier alpha value is -11.9. The Morgan fingerprint density at radius 2 is 0.509 bits per heavy atom. The first-order valence-corrected chi connectivity index (χ1v) is 30.8. The Bertz CT molecular complexity index is 5680. The topological polar surface area (TPSA) is 57.4 Å². The van der Waals surface area contributed by atoms with Gasteiger partial charge in [-0.15, -0.1) is 0 Å². The summed E-state index contributed by atoms with van der Waals surface area (Å²) in [6.45, 7) is 0. The highest BCUT2D eigenvalue weighted by atomic mass is 19.4. The highest BCUT2D eigenvalue weighted by Gasteiger charge is 2.44. The van der Waals surface area contributed by atoms with Gasteiger partial charge in [0.25, 0.3) is 0 Å². The molecular formula is C77H33F27N4. The average molecular weight is 1530 g/mol. The minimum atomic E-state index is -5.57. The lowest BCUT2D eigenvalue weighted by Gasteiger charge is -2.24. The van der Waals surface area contributed by atoms with Gasteiger partial charge >= 0.3 is 55.6 Å². The summed E-state index contributed by atoms with van der Waals surface area (Å²) in [5.74, 6) is 0. The Balaban J connectivity index is 1.18. The second-order valence-corrected chi connectivity index (χ2v) is 24.5. The van der Waals surface area contributed by atoms with Crippen LogP contribution in [-0.2, 0) is 55.6 Å². The number of alkyl halides is 27. The van der Waals surface area contributed by atoms with Crippen LogP contribution in [0, 0.1) is 22.7 Å². The lowest BCUT2D eigenvalue weighted by Crippen LogP contribution is -2.12. The maximum absolute atomic E-state index is 15.9. The van der Waals surface area contributed by atoms with Gasteiger partial charge in [-0.25, -0.2) is 0 Å². The van der Waals surface area contributed by atoms with Crippen molar-refractivity contribution in [1.29, 1.82) is 10.5 Å². The van der Waals surface area contributed by atoms with E-state index >= 15 is 65.9 Å². The third kappa shape index (κ3) is 13.4. The number of rotatable bonds is 8. The van der Waals surface area contributed by atoms with Crippen molar-refractivity contribution >= 4 is 43.6 Å². The van der Waals surface area contributed by atoms with Crippen molar-refractivity contribution < 1.29 is 119 Å². The third-order valence-corrected chi connectivity index (χ3v) is 18.1. The summed E-state index contributed by atoms with van der Waals surface area (Å²) in [5, 5.41) is 20.0. The largest absolute Gasteiger partial charge is 0.417 e.